The molecule has 0 saturated carbocycles. The number of benzene rings is 4. The van der Waals surface area contributed by atoms with Gasteiger partial charge in [0.2, 0.25) is 5.95 Å². The van der Waals surface area contributed by atoms with Gasteiger partial charge in [0, 0.05) is 50.1 Å². The summed E-state index contributed by atoms with van der Waals surface area (Å²) >= 11 is 0. The molecule has 0 spiro atoms. The lowest BCUT2D eigenvalue weighted by Crippen LogP contribution is -2.01. The molecule has 0 bridgehead atoms. The van der Waals surface area contributed by atoms with Gasteiger partial charge in [-0.3, -0.25) is 4.57 Å². The molecule has 0 radical (unpaired) electrons. The summed E-state index contributed by atoms with van der Waals surface area (Å²) in [5.74, 6) is 0.634. The van der Waals surface area contributed by atoms with E-state index < -0.39 is 0 Å². The van der Waals surface area contributed by atoms with Gasteiger partial charge in [0.15, 0.2) is 5.65 Å². The Morgan fingerprint density at radius 3 is 2.06 bits per heavy atom. The van der Waals surface area contributed by atoms with Crippen LogP contribution >= 0.6 is 0 Å². The zero-order valence-electron chi connectivity index (χ0n) is 19.1. The van der Waals surface area contributed by atoms with Gasteiger partial charge >= 0.3 is 0 Å². The number of para-hydroxylation sites is 3. The van der Waals surface area contributed by atoms with Gasteiger partial charge < -0.3 is 4.40 Å². The summed E-state index contributed by atoms with van der Waals surface area (Å²) < 4.78 is 4.64. The standard InChI is InChI=1S/C31H17N5/c1-4-12-24-19(9-1)22-16-23-20-10-2-5-13-25(20)36(31-33-17-18-8-7-15-32-30(18)34-31)29(23)27-21-11-3-6-14-26(21)35(24)28(22)27/h1-17H. The maximum atomic E-state index is 4.92. The average molecular weight is 460 g/mol. The number of nitrogens with zero attached hydrogens (tertiary/aromatic N) is 5. The molecule has 9 rings (SSSR count). The summed E-state index contributed by atoms with van der Waals surface area (Å²) in [6.45, 7) is 0. The van der Waals surface area contributed by atoms with E-state index in [-0.39, 0.29) is 0 Å². The van der Waals surface area contributed by atoms with E-state index in [0.717, 1.165) is 16.4 Å². The zero-order chi connectivity index (χ0) is 23.4. The fourth-order valence-corrected chi connectivity index (χ4v) is 6.13. The van der Waals surface area contributed by atoms with Crippen LogP contribution in [0.25, 0.3) is 76.9 Å². The molecule has 0 saturated heterocycles. The third kappa shape index (κ3) is 2.10. The highest BCUT2D eigenvalue weighted by Gasteiger charge is 2.24. The lowest BCUT2D eigenvalue weighted by Gasteiger charge is -2.08. The SMILES string of the molecule is c1cnc2nc(-n3c4ccccc4c4cc5c6ccccc6n6c7ccccc7c(c43)c56)ncc2c1. The highest BCUT2D eigenvalue weighted by molar-refractivity contribution is 6.34. The van der Waals surface area contributed by atoms with Gasteiger partial charge in [-0.25, -0.2) is 9.97 Å². The topological polar surface area (TPSA) is 48.0 Å². The van der Waals surface area contributed by atoms with Gasteiger partial charge in [-0.1, -0.05) is 54.6 Å². The van der Waals surface area contributed by atoms with E-state index in [2.05, 4.69) is 92.8 Å². The Morgan fingerprint density at radius 1 is 0.556 bits per heavy atom. The summed E-state index contributed by atoms with van der Waals surface area (Å²) in [6.07, 6.45) is 3.65. The van der Waals surface area contributed by atoms with Gasteiger partial charge in [-0.15, -0.1) is 0 Å². The van der Waals surface area contributed by atoms with Crippen LogP contribution in [0.1, 0.15) is 0 Å². The van der Waals surface area contributed by atoms with Gasteiger partial charge in [-0.05, 0) is 36.4 Å². The first-order valence-corrected chi connectivity index (χ1v) is 12.1. The van der Waals surface area contributed by atoms with Crippen molar-refractivity contribution >= 4 is 70.9 Å². The van der Waals surface area contributed by atoms with Crippen LogP contribution in [0.15, 0.2) is 103 Å². The Bertz CT molecular complexity index is 2320. The van der Waals surface area contributed by atoms with Gasteiger partial charge in [0.05, 0.1) is 27.6 Å². The van der Waals surface area contributed by atoms with Crippen molar-refractivity contribution < 1.29 is 0 Å². The summed E-state index contributed by atoms with van der Waals surface area (Å²) in [7, 11) is 0. The second kappa shape index (κ2) is 6.34. The molecule has 36 heavy (non-hydrogen) atoms. The molecule has 0 N–H and O–H groups in total. The van der Waals surface area contributed by atoms with Crippen LogP contribution in [0.5, 0.6) is 0 Å². The predicted molar refractivity (Wildman–Crippen MR) is 146 cm³/mol. The van der Waals surface area contributed by atoms with Crippen molar-refractivity contribution in [2.24, 2.45) is 0 Å². The number of rotatable bonds is 1. The largest absolute Gasteiger partial charge is 0.308 e. The number of aromatic nitrogens is 5. The maximum Gasteiger partial charge on any atom is 0.236 e. The lowest BCUT2D eigenvalue weighted by molar-refractivity contribution is 1.00. The van der Waals surface area contributed by atoms with Crippen LogP contribution < -0.4 is 0 Å². The van der Waals surface area contributed by atoms with Crippen molar-refractivity contribution in [2.75, 3.05) is 0 Å². The molecule has 0 amide bonds. The zero-order valence-corrected chi connectivity index (χ0v) is 19.1. The average Bonchev–Trinajstić information content (AvgIpc) is 3.57. The van der Waals surface area contributed by atoms with Crippen molar-refractivity contribution in [3.05, 3.63) is 103 Å². The first-order valence-electron chi connectivity index (χ1n) is 12.1. The molecule has 0 fully saturated rings. The number of pyridine rings is 1. The van der Waals surface area contributed by atoms with Crippen LogP contribution in [0.2, 0.25) is 0 Å². The quantitative estimate of drug-likeness (QED) is 0.259. The monoisotopic (exact) mass is 459 g/mol. The number of hydrogen-bond acceptors (Lipinski definition) is 3. The molecule has 0 aliphatic heterocycles. The predicted octanol–water partition coefficient (Wildman–Crippen LogP) is 7.27. The van der Waals surface area contributed by atoms with Crippen LogP contribution in [0.4, 0.5) is 0 Å². The molecular formula is C31H17N5. The normalized spacial score (nSPS) is 12.4. The van der Waals surface area contributed by atoms with E-state index in [0.29, 0.717) is 11.6 Å². The van der Waals surface area contributed by atoms with Gasteiger partial charge in [-0.2, -0.15) is 4.98 Å². The second-order valence-electron chi connectivity index (χ2n) is 9.35. The second-order valence-corrected chi connectivity index (χ2v) is 9.35. The molecular weight excluding hydrogens is 442 g/mol. The Kier molecular flexibility index (Phi) is 3.23. The van der Waals surface area contributed by atoms with Crippen molar-refractivity contribution in [1.82, 2.24) is 23.9 Å². The Hall–Kier alpha value is -5.03. The minimum Gasteiger partial charge on any atom is -0.308 e. The van der Waals surface area contributed by atoms with Crippen molar-refractivity contribution in [3.8, 4) is 5.95 Å². The summed E-state index contributed by atoms with van der Waals surface area (Å²) in [6, 6.07) is 32.2. The van der Waals surface area contributed by atoms with Crippen LogP contribution in [-0.4, -0.2) is 23.9 Å². The molecule has 166 valence electrons. The molecule has 5 nitrogen and oxygen atoms in total. The van der Waals surface area contributed by atoms with Crippen molar-refractivity contribution in [3.63, 3.8) is 0 Å². The van der Waals surface area contributed by atoms with Gasteiger partial charge in [0.1, 0.15) is 0 Å². The minimum atomic E-state index is 0.634. The summed E-state index contributed by atoms with van der Waals surface area (Å²) in [5, 5.41) is 8.34. The first kappa shape index (κ1) is 18.3. The van der Waals surface area contributed by atoms with E-state index in [1.807, 2.05) is 18.3 Å². The molecule has 5 heterocycles. The summed E-state index contributed by atoms with van der Waals surface area (Å²) in [4.78, 5) is 14.3. The molecule has 5 aromatic heterocycles. The van der Waals surface area contributed by atoms with E-state index in [9.17, 15) is 0 Å². The van der Waals surface area contributed by atoms with Crippen LogP contribution in [-0.2, 0) is 0 Å². The highest BCUT2D eigenvalue weighted by Crippen LogP contribution is 2.45. The van der Waals surface area contributed by atoms with Crippen LogP contribution in [0.3, 0.4) is 0 Å². The molecule has 9 aromatic rings. The van der Waals surface area contributed by atoms with E-state index in [4.69, 9.17) is 9.97 Å². The number of fused-ring (bicyclic) bond motifs is 11. The fourth-order valence-electron chi connectivity index (χ4n) is 6.13. The third-order valence-electron chi connectivity index (χ3n) is 7.55. The third-order valence-corrected chi connectivity index (χ3v) is 7.55. The highest BCUT2D eigenvalue weighted by atomic mass is 15.2. The minimum absolute atomic E-state index is 0.634. The molecule has 4 aromatic carbocycles. The van der Waals surface area contributed by atoms with Crippen molar-refractivity contribution in [1.29, 1.82) is 0 Å². The molecule has 0 aliphatic rings. The van der Waals surface area contributed by atoms with Crippen molar-refractivity contribution in [2.45, 2.75) is 0 Å². The summed E-state index contributed by atoms with van der Waals surface area (Å²) in [5.41, 5.74) is 6.60. The van der Waals surface area contributed by atoms with E-state index >= 15 is 0 Å². The van der Waals surface area contributed by atoms with Gasteiger partial charge in [0.25, 0.3) is 0 Å². The van der Waals surface area contributed by atoms with Crippen LogP contribution in [0, 0.1) is 0 Å². The smallest absolute Gasteiger partial charge is 0.236 e. The Balaban J connectivity index is 1.61. The van der Waals surface area contributed by atoms with E-state index in [1.165, 1.54) is 48.9 Å². The molecule has 0 aliphatic carbocycles. The number of hydrogen-bond donors (Lipinski definition) is 0. The fraction of sp³-hybridized carbons (Fsp3) is 0. The molecule has 0 unspecified atom stereocenters. The Morgan fingerprint density at radius 2 is 1.22 bits per heavy atom. The molecule has 5 heteroatoms. The molecule has 0 atom stereocenters. The first-order chi connectivity index (χ1) is 17.9. The lowest BCUT2D eigenvalue weighted by atomic mass is 10.0. The Labute approximate surface area is 204 Å². The maximum absolute atomic E-state index is 4.92. The van der Waals surface area contributed by atoms with E-state index in [1.54, 1.807) is 6.20 Å².